The smallest absolute Gasteiger partial charge is 0.193 e. The summed E-state index contributed by atoms with van der Waals surface area (Å²) in [6.07, 6.45) is 3.27. The molecule has 1 nitrogen and oxygen atoms in total. The SMILES string of the molecule is O=C(c1ccccc1)c1c2c(cc3ccccc13)CCC2. The Kier molecular flexibility index (Phi) is 2.85. The molecule has 0 aliphatic heterocycles. The second-order valence-electron chi connectivity index (χ2n) is 5.66. The molecule has 0 saturated carbocycles. The van der Waals surface area contributed by atoms with Gasteiger partial charge in [0.1, 0.15) is 0 Å². The topological polar surface area (TPSA) is 17.1 Å². The highest BCUT2D eigenvalue weighted by molar-refractivity contribution is 6.17. The van der Waals surface area contributed by atoms with Crippen LogP contribution in [-0.4, -0.2) is 5.78 Å². The fraction of sp³-hybridized carbons (Fsp3) is 0.150. The maximum absolute atomic E-state index is 13.0. The van der Waals surface area contributed by atoms with Gasteiger partial charge in [0.05, 0.1) is 0 Å². The number of rotatable bonds is 2. The molecule has 0 saturated heterocycles. The number of carbonyl (C=O) groups is 1. The summed E-state index contributed by atoms with van der Waals surface area (Å²) in [6, 6.07) is 20.1. The monoisotopic (exact) mass is 272 g/mol. The second-order valence-corrected chi connectivity index (χ2v) is 5.66. The Morgan fingerprint density at radius 1 is 0.857 bits per heavy atom. The van der Waals surface area contributed by atoms with Gasteiger partial charge in [0.2, 0.25) is 0 Å². The first-order valence-electron chi connectivity index (χ1n) is 7.48. The van der Waals surface area contributed by atoms with Gasteiger partial charge in [-0.25, -0.2) is 0 Å². The van der Waals surface area contributed by atoms with E-state index < -0.39 is 0 Å². The van der Waals surface area contributed by atoms with Gasteiger partial charge >= 0.3 is 0 Å². The molecule has 0 fully saturated rings. The number of ketones is 1. The van der Waals surface area contributed by atoms with Crippen molar-refractivity contribution in [2.75, 3.05) is 0 Å². The van der Waals surface area contributed by atoms with E-state index in [1.807, 2.05) is 42.5 Å². The van der Waals surface area contributed by atoms with Crippen LogP contribution >= 0.6 is 0 Å². The average molecular weight is 272 g/mol. The molecule has 0 aromatic heterocycles. The van der Waals surface area contributed by atoms with Crippen molar-refractivity contribution < 1.29 is 4.79 Å². The summed E-state index contributed by atoms with van der Waals surface area (Å²) in [6.45, 7) is 0. The molecule has 0 unspecified atom stereocenters. The highest BCUT2D eigenvalue weighted by Crippen LogP contribution is 2.33. The summed E-state index contributed by atoms with van der Waals surface area (Å²) in [5.41, 5.74) is 4.32. The van der Waals surface area contributed by atoms with Crippen molar-refractivity contribution in [1.82, 2.24) is 0 Å². The molecule has 0 spiro atoms. The molecule has 1 aliphatic rings. The molecule has 102 valence electrons. The van der Waals surface area contributed by atoms with Crippen LogP contribution in [0.25, 0.3) is 10.8 Å². The summed E-state index contributed by atoms with van der Waals surface area (Å²) in [5.74, 6) is 0.158. The predicted molar refractivity (Wildman–Crippen MR) is 85.8 cm³/mol. The molecule has 1 heteroatoms. The molecule has 1 aliphatic carbocycles. The highest BCUT2D eigenvalue weighted by atomic mass is 16.1. The van der Waals surface area contributed by atoms with Crippen LogP contribution in [0.3, 0.4) is 0 Å². The third kappa shape index (κ3) is 1.97. The van der Waals surface area contributed by atoms with E-state index in [1.54, 1.807) is 0 Å². The Morgan fingerprint density at radius 2 is 1.62 bits per heavy atom. The Bertz CT molecular complexity index is 831. The number of aryl methyl sites for hydroxylation is 1. The molecule has 4 rings (SSSR count). The van der Waals surface area contributed by atoms with Gasteiger partial charge in [0, 0.05) is 11.1 Å². The fourth-order valence-corrected chi connectivity index (χ4v) is 3.41. The lowest BCUT2D eigenvalue weighted by Crippen LogP contribution is -2.06. The van der Waals surface area contributed by atoms with Crippen LogP contribution in [0.5, 0.6) is 0 Å². The van der Waals surface area contributed by atoms with Crippen molar-refractivity contribution in [3.05, 3.63) is 82.9 Å². The molecule has 0 bridgehead atoms. The number of benzene rings is 3. The first-order valence-corrected chi connectivity index (χ1v) is 7.48. The maximum Gasteiger partial charge on any atom is 0.193 e. The van der Waals surface area contributed by atoms with Crippen LogP contribution in [0.1, 0.15) is 33.5 Å². The van der Waals surface area contributed by atoms with E-state index in [0.717, 1.165) is 35.8 Å². The van der Waals surface area contributed by atoms with Crippen molar-refractivity contribution in [3.63, 3.8) is 0 Å². The number of carbonyl (C=O) groups excluding carboxylic acids is 1. The Balaban J connectivity index is 2.01. The van der Waals surface area contributed by atoms with Gasteiger partial charge in [0.25, 0.3) is 0 Å². The quantitative estimate of drug-likeness (QED) is 0.625. The normalized spacial score (nSPS) is 13.3. The zero-order valence-electron chi connectivity index (χ0n) is 11.8. The van der Waals surface area contributed by atoms with Gasteiger partial charge in [-0.2, -0.15) is 0 Å². The van der Waals surface area contributed by atoms with Crippen LogP contribution < -0.4 is 0 Å². The van der Waals surface area contributed by atoms with E-state index in [-0.39, 0.29) is 5.78 Å². The summed E-state index contributed by atoms with van der Waals surface area (Å²) >= 11 is 0. The maximum atomic E-state index is 13.0. The van der Waals surface area contributed by atoms with Gasteiger partial charge in [-0.3, -0.25) is 4.79 Å². The van der Waals surface area contributed by atoms with Gasteiger partial charge < -0.3 is 0 Å². The van der Waals surface area contributed by atoms with Crippen LogP contribution in [0.15, 0.2) is 60.7 Å². The molecule has 0 heterocycles. The number of hydrogen-bond acceptors (Lipinski definition) is 1. The Labute approximate surface area is 124 Å². The summed E-state index contributed by atoms with van der Waals surface area (Å²) < 4.78 is 0. The molecule has 3 aromatic carbocycles. The molecule has 0 radical (unpaired) electrons. The van der Waals surface area contributed by atoms with Gasteiger partial charge in [0.15, 0.2) is 5.78 Å². The number of hydrogen-bond donors (Lipinski definition) is 0. The standard InChI is InChI=1S/C20H16O/c21-20(14-7-2-1-3-8-14)19-17-11-5-4-9-15(17)13-16-10-6-12-18(16)19/h1-5,7-9,11,13H,6,10,12H2. The summed E-state index contributed by atoms with van der Waals surface area (Å²) in [4.78, 5) is 13.0. The summed E-state index contributed by atoms with van der Waals surface area (Å²) in [7, 11) is 0. The van der Waals surface area contributed by atoms with Crippen molar-refractivity contribution >= 4 is 16.6 Å². The first-order chi connectivity index (χ1) is 10.3. The Morgan fingerprint density at radius 3 is 2.48 bits per heavy atom. The van der Waals surface area contributed by atoms with Gasteiger partial charge in [-0.15, -0.1) is 0 Å². The molecule has 0 atom stereocenters. The lowest BCUT2D eigenvalue weighted by molar-refractivity contribution is 0.103. The van der Waals surface area contributed by atoms with E-state index in [0.29, 0.717) is 0 Å². The fourth-order valence-electron chi connectivity index (χ4n) is 3.41. The van der Waals surface area contributed by atoms with Crippen LogP contribution in [-0.2, 0) is 12.8 Å². The van der Waals surface area contributed by atoms with Crippen LogP contribution in [0.4, 0.5) is 0 Å². The van der Waals surface area contributed by atoms with E-state index in [2.05, 4.69) is 18.2 Å². The molecular formula is C20H16O. The van der Waals surface area contributed by atoms with E-state index >= 15 is 0 Å². The van der Waals surface area contributed by atoms with Crippen molar-refractivity contribution in [1.29, 1.82) is 0 Å². The third-order valence-corrected chi connectivity index (χ3v) is 4.39. The van der Waals surface area contributed by atoms with Crippen molar-refractivity contribution in [3.8, 4) is 0 Å². The summed E-state index contributed by atoms with van der Waals surface area (Å²) in [5, 5.41) is 2.27. The Hall–Kier alpha value is -2.41. The van der Waals surface area contributed by atoms with Crippen molar-refractivity contribution in [2.24, 2.45) is 0 Å². The zero-order valence-corrected chi connectivity index (χ0v) is 11.8. The highest BCUT2D eigenvalue weighted by Gasteiger charge is 2.22. The van der Waals surface area contributed by atoms with E-state index in [4.69, 9.17) is 0 Å². The minimum absolute atomic E-state index is 0.158. The predicted octanol–water partition coefficient (Wildman–Crippen LogP) is 4.56. The number of fused-ring (bicyclic) bond motifs is 2. The third-order valence-electron chi connectivity index (χ3n) is 4.39. The lowest BCUT2D eigenvalue weighted by Gasteiger charge is -2.12. The average Bonchev–Trinajstić information content (AvgIpc) is 3.00. The zero-order chi connectivity index (χ0) is 14.2. The molecule has 0 amide bonds. The molecule has 3 aromatic rings. The molecular weight excluding hydrogens is 256 g/mol. The molecule has 0 N–H and O–H groups in total. The minimum atomic E-state index is 0.158. The van der Waals surface area contributed by atoms with E-state index in [9.17, 15) is 4.79 Å². The largest absolute Gasteiger partial charge is 0.289 e. The second kappa shape index (κ2) is 4.85. The van der Waals surface area contributed by atoms with Crippen molar-refractivity contribution in [2.45, 2.75) is 19.3 Å². The van der Waals surface area contributed by atoms with Gasteiger partial charge in [-0.1, -0.05) is 60.7 Å². The first kappa shape index (κ1) is 12.3. The lowest BCUT2D eigenvalue weighted by atomic mass is 9.90. The van der Waals surface area contributed by atoms with Crippen LogP contribution in [0, 0.1) is 0 Å². The van der Waals surface area contributed by atoms with E-state index in [1.165, 1.54) is 16.5 Å². The van der Waals surface area contributed by atoms with Gasteiger partial charge in [-0.05, 0) is 41.2 Å². The van der Waals surface area contributed by atoms with Crippen LogP contribution in [0.2, 0.25) is 0 Å². The molecule has 21 heavy (non-hydrogen) atoms. The minimum Gasteiger partial charge on any atom is -0.289 e.